The maximum atomic E-state index is 11.9. The Kier molecular flexibility index (Phi) is 4.79. The van der Waals surface area contributed by atoms with E-state index in [4.69, 9.17) is 4.42 Å². The standard InChI is InChI=1S/C19H20N2O3/c1-14-8-10-15(11-9-14)13-20-18(22)7-4-12-21-16-5-2-3-6-17(16)24-19(21)23/h2-3,5-6,8-11H,4,7,12-13H2,1H3,(H,20,22). The van der Waals surface area contributed by atoms with Crippen LogP contribution in [0.25, 0.3) is 11.1 Å². The number of hydrogen-bond acceptors (Lipinski definition) is 3. The molecule has 1 amide bonds. The number of amides is 1. The largest absolute Gasteiger partial charge is 0.419 e. The van der Waals surface area contributed by atoms with Gasteiger partial charge in [0.1, 0.15) is 0 Å². The Bertz CT molecular complexity index is 891. The molecule has 5 heteroatoms. The number of nitrogens with zero attached hydrogens (tertiary/aromatic N) is 1. The highest BCUT2D eigenvalue weighted by atomic mass is 16.4. The van der Waals surface area contributed by atoms with Crippen LogP contribution in [-0.2, 0) is 17.9 Å². The van der Waals surface area contributed by atoms with E-state index in [1.807, 2.05) is 49.4 Å². The minimum atomic E-state index is -0.378. The number of carbonyl (C=O) groups is 1. The van der Waals surface area contributed by atoms with Crippen LogP contribution < -0.4 is 11.1 Å². The van der Waals surface area contributed by atoms with Crippen LogP contribution in [0.1, 0.15) is 24.0 Å². The first-order chi connectivity index (χ1) is 11.6. The van der Waals surface area contributed by atoms with Crippen molar-refractivity contribution < 1.29 is 9.21 Å². The van der Waals surface area contributed by atoms with Crippen LogP contribution in [-0.4, -0.2) is 10.5 Å². The van der Waals surface area contributed by atoms with E-state index < -0.39 is 0 Å². The van der Waals surface area contributed by atoms with Crippen LogP contribution in [0, 0.1) is 6.92 Å². The fourth-order valence-corrected chi connectivity index (χ4v) is 2.62. The predicted octanol–water partition coefficient (Wildman–Crippen LogP) is 3.00. The van der Waals surface area contributed by atoms with E-state index in [-0.39, 0.29) is 11.7 Å². The van der Waals surface area contributed by atoms with Crippen LogP contribution in [0.3, 0.4) is 0 Å². The number of nitrogens with one attached hydrogen (secondary N) is 1. The second-order valence-electron chi connectivity index (χ2n) is 5.85. The maximum Gasteiger partial charge on any atom is 0.419 e. The third kappa shape index (κ3) is 3.74. The van der Waals surface area contributed by atoms with Crippen molar-refractivity contribution in [2.24, 2.45) is 0 Å². The molecule has 0 aliphatic carbocycles. The van der Waals surface area contributed by atoms with Crippen molar-refractivity contribution >= 4 is 17.0 Å². The smallest absolute Gasteiger partial charge is 0.408 e. The second kappa shape index (κ2) is 7.17. The van der Waals surface area contributed by atoms with E-state index in [1.54, 1.807) is 10.6 Å². The Hall–Kier alpha value is -2.82. The summed E-state index contributed by atoms with van der Waals surface area (Å²) in [4.78, 5) is 23.8. The molecule has 3 rings (SSSR count). The third-order valence-electron chi connectivity index (χ3n) is 3.97. The molecule has 0 unspecified atom stereocenters. The molecule has 0 aliphatic rings. The number of aryl methyl sites for hydroxylation is 2. The van der Waals surface area contributed by atoms with Gasteiger partial charge in [-0.2, -0.15) is 0 Å². The van der Waals surface area contributed by atoms with E-state index in [0.29, 0.717) is 31.5 Å². The quantitative estimate of drug-likeness (QED) is 0.758. The number of fused-ring (bicyclic) bond motifs is 1. The van der Waals surface area contributed by atoms with Crippen molar-refractivity contribution in [1.29, 1.82) is 0 Å². The minimum Gasteiger partial charge on any atom is -0.408 e. The average Bonchev–Trinajstić information content (AvgIpc) is 2.90. The number of aromatic nitrogens is 1. The van der Waals surface area contributed by atoms with Gasteiger partial charge in [0.2, 0.25) is 5.91 Å². The van der Waals surface area contributed by atoms with Crippen molar-refractivity contribution in [2.45, 2.75) is 32.9 Å². The van der Waals surface area contributed by atoms with E-state index >= 15 is 0 Å². The molecule has 124 valence electrons. The van der Waals surface area contributed by atoms with Crippen LogP contribution in [0.15, 0.2) is 57.7 Å². The summed E-state index contributed by atoms with van der Waals surface area (Å²) < 4.78 is 6.75. The Morgan fingerprint density at radius 3 is 2.67 bits per heavy atom. The lowest BCUT2D eigenvalue weighted by atomic mass is 10.1. The van der Waals surface area contributed by atoms with Crippen LogP contribution in [0.4, 0.5) is 0 Å². The van der Waals surface area contributed by atoms with E-state index in [9.17, 15) is 9.59 Å². The monoisotopic (exact) mass is 324 g/mol. The van der Waals surface area contributed by atoms with Gasteiger partial charge in [0, 0.05) is 19.5 Å². The molecule has 0 spiro atoms. The van der Waals surface area contributed by atoms with Gasteiger partial charge in [-0.1, -0.05) is 42.0 Å². The predicted molar refractivity (Wildman–Crippen MR) is 92.7 cm³/mol. The normalized spacial score (nSPS) is 10.9. The zero-order valence-electron chi connectivity index (χ0n) is 13.6. The van der Waals surface area contributed by atoms with Gasteiger partial charge >= 0.3 is 5.76 Å². The molecule has 0 aliphatic heterocycles. The average molecular weight is 324 g/mol. The fraction of sp³-hybridized carbons (Fsp3) is 0.263. The van der Waals surface area contributed by atoms with Crippen LogP contribution >= 0.6 is 0 Å². The first-order valence-corrected chi connectivity index (χ1v) is 8.04. The van der Waals surface area contributed by atoms with Crippen molar-refractivity contribution in [3.05, 3.63) is 70.2 Å². The molecule has 0 fully saturated rings. The summed E-state index contributed by atoms with van der Waals surface area (Å²) >= 11 is 0. The van der Waals surface area contributed by atoms with Gasteiger partial charge in [0.15, 0.2) is 5.58 Å². The number of hydrogen-bond donors (Lipinski definition) is 1. The molecule has 24 heavy (non-hydrogen) atoms. The summed E-state index contributed by atoms with van der Waals surface area (Å²) in [5, 5.41) is 2.90. The lowest BCUT2D eigenvalue weighted by Crippen LogP contribution is -2.23. The first kappa shape index (κ1) is 16.1. The van der Waals surface area contributed by atoms with E-state index in [1.165, 1.54) is 5.56 Å². The van der Waals surface area contributed by atoms with Crippen molar-refractivity contribution in [3.8, 4) is 0 Å². The second-order valence-corrected chi connectivity index (χ2v) is 5.85. The number of oxazole rings is 1. The van der Waals surface area contributed by atoms with Crippen LogP contribution in [0.5, 0.6) is 0 Å². The summed E-state index contributed by atoms with van der Waals surface area (Å²) in [6.07, 6.45) is 0.959. The Balaban J connectivity index is 1.50. The van der Waals surface area contributed by atoms with Gasteiger partial charge in [0.05, 0.1) is 5.52 Å². The SMILES string of the molecule is Cc1ccc(CNC(=O)CCCn2c(=O)oc3ccccc32)cc1. The van der Waals surface area contributed by atoms with Gasteiger partial charge in [-0.05, 0) is 31.0 Å². The fourth-order valence-electron chi connectivity index (χ4n) is 2.62. The molecular formula is C19H20N2O3. The number of carbonyl (C=O) groups excluding carboxylic acids is 1. The summed E-state index contributed by atoms with van der Waals surface area (Å²) in [6, 6.07) is 15.4. The highest BCUT2D eigenvalue weighted by Gasteiger charge is 2.09. The van der Waals surface area contributed by atoms with Crippen molar-refractivity contribution in [1.82, 2.24) is 9.88 Å². The molecule has 0 radical (unpaired) electrons. The Morgan fingerprint density at radius 1 is 1.12 bits per heavy atom. The molecule has 1 N–H and O–H groups in total. The third-order valence-corrected chi connectivity index (χ3v) is 3.97. The number of para-hydroxylation sites is 2. The summed E-state index contributed by atoms with van der Waals surface area (Å²) in [5.41, 5.74) is 3.61. The van der Waals surface area contributed by atoms with Gasteiger partial charge in [-0.25, -0.2) is 4.79 Å². The van der Waals surface area contributed by atoms with Gasteiger partial charge in [0.25, 0.3) is 0 Å². The van der Waals surface area contributed by atoms with Gasteiger partial charge in [-0.3, -0.25) is 9.36 Å². The van der Waals surface area contributed by atoms with Gasteiger partial charge in [-0.15, -0.1) is 0 Å². The molecule has 1 heterocycles. The topological polar surface area (TPSA) is 64.2 Å². The molecule has 0 saturated carbocycles. The van der Waals surface area contributed by atoms with E-state index in [2.05, 4.69) is 5.32 Å². The maximum absolute atomic E-state index is 11.9. The Labute approximate surface area is 139 Å². The zero-order chi connectivity index (χ0) is 16.9. The summed E-state index contributed by atoms with van der Waals surface area (Å²) in [6.45, 7) is 3.02. The molecule has 0 atom stereocenters. The highest BCUT2D eigenvalue weighted by Crippen LogP contribution is 2.12. The lowest BCUT2D eigenvalue weighted by Gasteiger charge is -2.06. The van der Waals surface area contributed by atoms with Crippen molar-refractivity contribution in [3.63, 3.8) is 0 Å². The molecule has 2 aromatic carbocycles. The summed E-state index contributed by atoms with van der Waals surface area (Å²) in [7, 11) is 0. The minimum absolute atomic E-state index is 0.0172. The number of rotatable bonds is 6. The van der Waals surface area contributed by atoms with Crippen LogP contribution in [0.2, 0.25) is 0 Å². The molecule has 3 aromatic rings. The highest BCUT2D eigenvalue weighted by molar-refractivity contribution is 5.76. The molecule has 0 bridgehead atoms. The zero-order valence-corrected chi connectivity index (χ0v) is 13.6. The van der Waals surface area contributed by atoms with Crippen molar-refractivity contribution in [2.75, 3.05) is 0 Å². The number of benzene rings is 2. The summed E-state index contributed by atoms with van der Waals surface area (Å²) in [5.74, 6) is -0.396. The van der Waals surface area contributed by atoms with Gasteiger partial charge < -0.3 is 9.73 Å². The molecule has 0 saturated heterocycles. The Morgan fingerprint density at radius 2 is 1.88 bits per heavy atom. The first-order valence-electron chi connectivity index (χ1n) is 8.04. The molecule has 1 aromatic heterocycles. The van der Waals surface area contributed by atoms with E-state index in [0.717, 1.165) is 11.1 Å². The lowest BCUT2D eigenvalue weighted by molar-refractivity contribution is -0.121. The molecular weight excluding hydrogens is 304 g/mol. The molecule has 5 nitrogen and oxygen atoms in total.